The number of aryl methyl sites for hydroxylation is 1. The summed E-state index contributed by atoms with van der Waals surface area (Å²) in [4.78, 5) is 23.3. The maximum atomic E-state index is 11.7. The van der Waals surface area contributed by atoms with Gasteiger partial charge >= 0.3 is 11.9 Å². The molecule has 6 heteroatoms. The molecule has 0 spiro atoms. The molecule has 0 saturated heterocycles. The molecular formula is C27H22O6. The van der Waals surface area contributed by atoms with E-state index < -0.39 is 11.9 Å². The van der Waals surface area contributed by atoms with Gasteiger partial charge in [-0.15, -0.1) is 0 Å². The number of carbonyl (C=O) groups is 2. The van der Waals surface area contributed by atoms with Gasteiger partial charge in [0.1, 0.15) is 23.0 Å². The van der Waals surface area contributed by atoms with Crippen molar-refractivity contribution >= 4 is 11.9 Å². The molecule has 2 N–H and O–H groups in total. The Bertz CT molecular complexity index is 1180. The lowest BCUT2D eigenvalue weighted by molar-refractivity contribution is 0.0725. The molecule has 0 aliphatic heterocycles. The van der Waals surface area contributed by atoms with Gasteiger partial charge in [-0.1, -0.05) is 35.9 Å². The van der Waals surface area contributed by atoms with E-state index in [1.165, 1.54) is 48.5 Å². The van der Waals surface area contributed by atoms with Crippen LogP contribution in [-0.2, 0) is 0 Å². The highest BCUT2D eigenvalue weighted by atomic mass is 16.5. The van der Waals surface area contributed by atoms with Crippen molar-refractivity contribution in [1.29, 1.82) is 0 Å². The topological polar surface area (TPSA) is 93.1 Å². The summed E-state index contributed by atoms with van der Waals surface area (Å²) in [6.45, 7) is 1.96. The number of benzene rings is 4. The number of ether oxygens (including phenoxy) is 2. The Morgan fingerprint density at radius 3 is 1.36 bits per heavy atom. The molecule has 0 unspecified atom stereocenters. The molecule has 0 heterocycles. The second-order valence-electron chi connectivity index (χ2n) is 7.00. The molecule has 0 aliphatic carbocycles. The average molecular weight is 442 g/mol. The standard InChI is InChI=1S/C14H12O3.C13H10O3/c1-10-2-8-13(9-3-10)17-14(16)11-4-6-12(15)7-5-11;14-11-8-6-10(7-9-11)13(15)16-12-4-2-1-3-5-12/h2-9,15H,1H3;1-9,14H. The number of para-hydroxylation sites is 1. The summed E-state index contributed by atoms with van der Waals surface area (Å²) in [7, 11) is 0. The van der Waals surface area contributed by atoms with Gasteiger partial charge in [0.2, 0.25) is 0 Å². The molecule has 0 atom stereocenters. The molecule has 6 nitrogen and oxygen atoms in total. The molecule has 0 amide bonds. The summed E-state index contributed by atoms with van der Waals surface area (Å²) < 4.78 is 10.3. The van der Waals surface area contributed by atoms with Gasteiger partial charge in [0.25, 0.3) is 0 Å². The lowest BCUT2D eigenvalue weighted by Crippen LogP contribution is -2.07. The predicted octanol–water partition coefficient (Wildman–Crippen LogP) is 5.53. The third kappa shape index (κ3) is 7.25. The van der Waals surface area contributed by atoms with E-state index in [4.69, 9.17) is 19.7 Å². The number of esters is 2. The molecule has 4 aromatic rings. The van der Waals surface area contributed by atoms with Crippen LogP contribution < -0.4 is 9.47 Å². The largest absolute Gasteiger partial charge is 0.508 e. The van der Waals surface area contributed by atoms with Crippen molar-refractivity contribution in [3.8, 4) is 23.0 Å². The van der Waals surface area contributed by atoms with Crippen LogP contribution >= 0.6 is 0 Å². The SMILES string of the molecule is Cc1ccc(OC(=O)c2ccc(O)cc2)cc1.O=C(Oc1ccccc1)c1ccc(O)cc1. The Balaban J connectivity index is 0.000000186. The number of phenols is 2. The van der Waals surface area contributed by atoms with E-state index >= 15 is 0 Å². The van der Waals surface area contributed by atoms with Crippen LogP contribution in [-0.4, -0.2) is 22.2 Å². The van der Waals surface area contributed by atoms with Gasteiger partial charge in [0.15, 0.2) is 0 Å². The van der Waals surface area contributed by atoms with Crippen LogP contribution in [0.5, 0.6) is 23.0 Å². The lowest BCUT2D eigenvalue weighted by Gasteiger charge is -2.04. The number of aromatic hydroxyl groups is 2. The normalized spacial score (nSPS) is 9.85. The predicted molar refractivity (Wildman–Crippen MR) is 124 cm³/mol. The highest BCUT2D eigenvalue weighted by molar-refractivity contribution is 5.91. The maximum absolute atomic E-state index is 11.7. The van der Waals surface area contributed by atoms with E-state index in [9.17, 15) is 9.59 Å². The van der Waals surface area contributed by atoms with E-state index in [0.29, 0.717) is 22.6 Å². The number of hydrogen-bond donors (Lipinski definition) is 2. The monoisotopic (exact) mass is 442 g/mol. The van der Waals surface area contributed by atoms with E-state index in [1.807, 2.05) is 25.1 Å². The van der Waals surface area contributed by atoms with Gasteiger partial charge in [-0.3, -0.25) is 0 Å². The fraction of sp³-hybridized carbons (Fsp3) is 0.0370. The van der Waals surface area contributed by atoms with Gasteiger partial charge in [-0.2, -0.15) is 0 Å². The van der Waals surface area contributed by atoms with Crippen molar-refractivity contribution < 1.29 is 29.3 Å². The van der Waals surface area contributed by atoms with Crippen LogP contribution in [0.3, 0.4) is 0 Å². The maximum Gasteiger partial charge on any atom is 0.343 e. The Kier molecular flexibility index (Phi) is 7.81. The molecule has 0 bridgehead atoms. The minimum atomic E-state index is -0.439. The van der Waals surface area contributed by atoms with Gasteiger partial charge in [0, 0.05) is 0 Å². The second kappa shape index (κ2) is 11.2. The summed E-state index contributed by atoms with van der Waals surface area (Å²) in [5.74, 6) is 0.377. The molecule has 0 fully saturated rings. The summed E-state index contributed by atoms with van der Waals surface area (Å²) >= 11 is 0. The first-order valence-electron chi connectivity index (χ1n) is 10.0. The minimum absolute atomic E-state index is 0.122. The summed E-state index contributed by atoms with van der Waals surface area (Å²) in [6, 6.07) is 27.9. The van der Waals surface area contributed by atoms with E-state index in [1.54, 1.807) is 36.4 Å². The van der Waals surface area contributed by atoms with Crippen molar-refractivity contribution in [3.05, 3.63) is 120 Å². The number of rotatable bonds is 4. The molecule has 0 saturated carbocycles. The minimum Gasteiger partial charge on any atom is -0.508 e. The summed E-state index contributed by atoms with van der Waals surface area (Å²) in [6.07, 6.45) is 0. The fourth-order valence-corrected chi connectivity index (χ4v) is 2.62. The summed E-state index contributed by atoms with van der Waals surface area (Å²) in [5, 5.41) is 18.2. The quantitative estimate of drug-likeness (QED) is 0.319. The molecule has 33 heavy (non-hydrogen) atoms. The summed E-state index contributed by atoms with van der Waals surface area (Å²) in [5.41, 5.74) is 1.92. The third-order valence-electron chi connectivity index (χ3n) is 4.39. The number of phenolic OH excluding ortho intramolecular Hbond substituents is 2. The van der Waals surface area contributed by atoms with Gasteiger partial charge < -0.3 is 19.7 Å². The fourth-order valence-electron chi connectivity index (χ4n) is 2.62. The van der Waals surface area contributed by atoms with Crippen molar-refractivity contribution in [3.63, 3.8) is 0 Å². The first-order valence-corrected chi connectivity index (χ1v) is 10.0. The van der Waals surface area contributed by atoms with Crippen molar-refractivity contribution in [2.45, 2.75) is 6.92 Å². The molecule has 166 valence electrons. The van der Waals surface area contributed by atoms with Crippen LogP contribution in [0.25, 0.3) is 0 Å². The van der Waals surface area contributed by atoms with Crippen LogP contribution in [0.15, 0.2) is 103 Å². The molecular weight excluding hydrogens is 420 g/mol. The van der Waals surface area contributed by atoms with Crippen molar-refractivity contribution in [1.82, 2.24) is 0 Å². The van der Waals surface area contributed by atoms with Gasteiger partial charge in [0.05, 0.1) is 11.1 Å². The van der Waals surface area contributed by atoms with Gasteiger partial charge in [-0.25, -0.2) is 9.59 Å². The van der Waals surface area contributed by atoms with E-state index in [0.717, 1.165) is 5.56 Å². The first kappa shape index (κ1) is 23.1. The second-order valence-corrected chi connectivity index (χ2v) is 7.00. The zero-order valence-electron chi connectivity index (χ0n) is 17.8. The molecule has 0 radical (unpaired) electrons. The van der Waals surface area contributed by atoms with Crippen LogP contribution in [0.4, 0.5) is 0 Å². The third-order valence-corrected chi connectivity index (χ3v) is 4.39. The van der Waals surface area contributed by atoms with Crippen LogP contribution in [0, 0.1) is 6.92 Å². The number of hydrogen-bond acceptors (Lipinski definition) is 6. The Hall–Kier alpha value is -4.58. The molecule has 4 aromatic carbocycles. The van der Waals surface area contributed by atoms with E-state index in [-0.39, 0.29) is 11.5 Å². The highest BCUT2D eigenvalue weighted by Crippen LogP contribution is 2.16. The zero-order valence-corrected chi connectivity index (χ0v) is 17.8. The zero-order chi connectivity index (χ0) is 23.6. The lowest BCUT2D eigenvalue weighted by atomic mass is 10.2. The van der Waals surface area contributed by atoms with E-state index in [2.05, 4.69) is 0 Å². The average Bonchev–Trinajstić information content (AvgIpc) is 2.82. The molecule has 0 aromatic heterocycles. The Labute approximate surface area is 191 Å². The smallest absolute Gasteiger partial charge is 0.343 e. The Morgan fingerprint density at radius 1 is 0.545 bits per heavy atom. The molecule has 4 rings (SSSR count). The Morgan fingerprint density at radius 2 is 0.939 bits per heavy atom. The molecule has 0 aliphatic rings. The van der Waals surface area contributed by atoms with Gasteiger partial charge in [-0.05, 0) is 79.7 Å². The van der Waals surface area contributed by atoms with Crippen molar-refractivity contribution in [2.24, 2.45) is 0 Å². The van der Waals surface area contributed by atoms with Crippen molar-refractivity contribution in [2.75, 3.05) is 0 Å². The highest BCUT2D eigenvalue weighted by Gasteiger charge is 2.08. The number of carbonyl (C=O) groups excluding carboxylic acids is 2. The first-order chi connectivity index (χ1) is 15.9. The van der Waals surface area contributed by atoms with Crippen LogP contribution in [0.2, 0.25) is 0 Å². The van der Waals surface area contributed by atoms with Crippen LogP contribution in [0.1, 0.15) is 26.3 Å².